The maximum absolute atomic E-state index is 13.4. The van der Waals surface area contributed by atoms with Gasteiger partial charge in [-0.2, -0.15) is 28.5 Å². The first-order chi connectivity index (χ1) is 8.29. The van der Waals surface area contributed by atoms with Crippen LogP contribution in [-0.4, -0.2) is 46.1 Å². The number of rotatable bonds is 4. The topological polar surface area (TPSA) is 49.8 Å². The largest absolute Gasteiger partial charge is 0.366 e. The van der Waals surface area contributed by atoms with E-state index in [4.69, 9.17) is 0 Å². The standard InChI is InChI=1S/C10H15FN4S2/c1-12-10-14-5-8(11)9(15-10)13-4-7-6-16-2-3-17-7/h5,7H,2-4,6H2,1H3,(H2,12,13,14,15). The zero-order chi connectivity index (χ0) is 12.1. The first kappa shape index (κ1) is 12.8. The van der Waals surface area contributed by atoms with Crippen LogP contribution in [0.4, 0.5) is 16.2 Å². The van der Waals surface area contributed by atoms with Gasteiger partial charge in [-0.05, 0) is 0 Å². The van der Waals surface area contributed by atoms with Crippen molar-refractivity contribution in [2.24, 2.45) is 0 Å². The van der Waals surface area contributed by atoms with Gasteiger partial charge in [0, 0.05) is 36.1 Å². The molecule has 0 aromatic carbocycles. The van der Waals surface area contributed by atoms with Crippen molar-refractivity contribution in [3.8, 4) is 0 Å². The normalized spacial score (nSPS) is 20.0. The molecule has 2 rings (SSSR count). The Morgan fingerprint density at radius 3 is 3.12 bits per heavy atom. The van der Waals surface area contributed by atoms with Crippen molar-refractivity contribution in [1.82, 2.24) is 9.97 Å². The number of hydrogen-bond donors (Lipinski definition) is 2. The fraction of sp³-hybridized carbons (Fsp3) is 0.600. The summed E-state index contributed by atoms with van der Waals surface area (Å²) in [6.45, 7) is 0.745. The summed E-state index contributed by atoms with van der Waals surface area (Å²) in [5.74, 6) is 3.80. The second-order valence-corrected chi connectivity index (χ2v) is 6.15. The molecule has 1 aromatic heterocycles. The third-order valence-corrected chi connectivity index (χ3v) is 5.19. The van der Waals surface area contributed by atoms with Gasteiger partial charge in [-0.15, -0.1) is 0 Å². The quantitative estimate of drug-likeness (QED) is 0.875. The first-order valence-electron chi connectivity index (χ1n) is 5.43. The van der Waals surface area contributed by atoms with Gasteiger partial charge < -0.3 is 10.6 Å². The van der Waals surface area contributed by atoms with E-state index in [1.807, 2.05) is 23.5 Å². The van der Waals surface area contributed by atoms with Crippen LogP contribution in [0.1, 0.15) is 0 Å². The molecule has 17 heavy (non-hydrogen) atoms. The fourth-order valence-electron chi connectivity index (χ4n) is 1.48. The second kappa shape index (κ2) is 6.30. The average Bonchev–Trinajstić information content (AvgIpc) is 2.39. The molecule has 7 heteroatoms. The predicted octanol–water partition coefficient (Wildman–Crippen LogP) is 1.92. The molecule has 1 fully saturated rings. The summed E-state index contributed by atoms with van der Waals surface area (Å²) in [6, 6.07) is 0. The molecule has 1 aliphatic heterocycles. The van der Waals surface area contributed by atoms with Crippen molar-refractivity contribution in [3.63, 3.8) is 0 Å². The highest BCUT2D eigenvalue weighted by molar-refractivity contribution is 8.06. The first-order valence-corrected chi connectivity index (χ1v) is 7.63. The Kier molecular flexibility index (Phi) is 4.73. The van der Waals surface area contributed by atoms with Crippen LogP contribution in [0.25, 0.3) is 0 Å². The van der Waals surface area contributed by atoms with Crippen LogP contribution in [-0.2, 0) is 0 Å². The van der Waals surface area contributed by atoms with Crippen molar-refractivity contribution in [3.05, 3.63) is 12.0 Å². The lowest BCUT2D eigenvalue weighted by Gasteiger charge is -2.21. The molecule has 0 bridgehead atoms. The van der Waals surface area contributed by atoms with E-state index in [1.54, 1.807) is 7.05 Å². The summed E-state index contributed by atoms with van der Waals surface area (Å²) in [4.78, 5) is 7.86. The van der Waals surface area contributed by atoms with Gasteiger partial charge in [0.15, 0.2) is 11.6 Å². The molecule has 94 valence electrons. The summed E-state index contributed by atoms with van der Waals surface area (Å²) < 4.78 is 13.4. The van der Waals surface area contributed by atoms with Crippen LogP contribution < -0.4 is 10.6 Å². The Bertz CT molecular complexity index is 371. The van der Waals surface area contributed by atoms with Crippen LogP contribution >= 0.6 is 23.5 Å². The van der Waals surface area contributed by atoms with Crippen molar-refractivity contribution >= 4 is 35.3 Å². The van der Waals surface area contributed by atoms with Crippen molar-refractivity contribution in [1.29, 1.82) is 0 Å². The SMILES string of the molecule is CNc1ncc(F)c(NCC2CSCCS2)n1. The van der Waals surface area contributed by atoms with E-state index in [2.05, 4.69) is 20.6 Å². The number of thioether (sulfide) groups is 2. The summed E-state index contributed by atoms with van der Waals surface area (Å²) in [5.41, 5.74) is 0. The van der Waals surface area contributed by atoms with Crippen LogP contribution in [0, 0.1) is 5.82 Å². The monoisotopic (exact) mass is 274 g/mol. The number of nitrogens with zero attached hydrogens (tertiary/aromatic N) is 2. The van der Waals surface area contributed by atoms with Gasteiger partial charge in [0.1, 0.15) is 0 Å². The Hall–Kier alpha value is -0.690. The van der Waals surface area contributed by atoms with Gasteiger partial charge in [-0.1, -0.05) is 0 Å². The average molecular weight is 274 g/mol. The Balaban J connectivity index is 1.92. The summed E-state index contributed by atoms with van der Waals surface area (Å²) in [7, 11) is 1.71. The maximum Gasteiger partial charge on any atom is 0.224 e. The van der Waals surface area contributed by atoms with E-state index in [0.717, 1.165) is 12.3 Å². The van der Waals surface area contributed by atoms with E-state index in [0.29, 0.717) is 11.2 Å². The van der Waals surface area contributed by atoms with Gasteiger partial charge in [-0.25, -0.2) is 9.37 Å². The minimum Gasteiger partial charge on any atom is -0.366 e. The second-order valence-electron chi connectivity index (χ2n) is 3.59. The molecular formula is C10H15FN4S2. The number of aromatic nitrogens is 2. The Morgan fingerprint density at radius 1 is 1.53 bits per heavy atom. The highest BCUT2D eigenvalue weighted by Gasteiger charge is 2.15. The third-order valence-electron chi connectivity index (χ3n) is 2.35. The van der Waals surface area contributed by atoms with Crippen LogP contribution in [0.3, 0.4) is 0 Å². The zero-order valence-corrected chi connectivity index (χ0v) is 11.2. The van der Waals surface area contributed by atoms with Crippen molar-refractivity contribution in [2.45, 2.75) is 5.25 Å². The molecular weight excluding hydrogens is 259 g/mol. The van der Waals surface area contributed by atoms with Gasteiger partial charge in [0.2, 0.25) is 5.95 Å². The van der Waals surface area contributed by atoms with E-state index in [-0.39, 0.29) is 5.82 Å². The Morgan fingerprint density at radius 2 is 2.41 bits per heavy atom. The predicted molar refractivity (Wildman–Crippen MR) is 73.6 cm³/mol. The lowest BCUT2D eigenvalue weighted by Crippen LogP contribution is -2.24. The summed E-state index contributed by atoms with van der Waals surface area (Å²) >= 11 is 3.88. The Labute approximate surface area is 109 Å². The summed E-state index contributed by atoms with van der Waals surface area (Å²) in [5, 5.41) is 6.38. The molecule has 1 aliphatic rings. The number of halogens is 1. The molecule has 1 atom stereocenters. The smallest absolute Gasteiger partial charge is 0.224 e. The molecule has 1 saturated heterocycles. The number of nitrogens with one attached hydrogen (secondary N) is 2. The van der Waals surface area contributed by atoms with Crippen LogP contribution in [0.5, 0.6) is 0 Å². The van der Waals surface area contributed by atoms with Gasteiger partial charge in [0.05, 0.1) is 6.20 Å². The lowest BCUT2D eigenvalue weighted by atomic mass is 10.4. The van der Waals surface area contributed by atoms with Gasteiger partial charge >= 0.3 is 0 Å². The molecule has 0 spiro atoms. The molecule has 1 unspecified atom stereocenters. The van der Waals surface area contributed by atoms with Gasteiger partial charge in [-0.3, -0.25) is 0 Å². The summed E-state index contributed by atoms with van der Waals surface area (Å²) in [6.07, 6.45) is 1.18. The fourth-order valence-corrected chi connectivity index (χ4v) is 4.09. The molecule has 1 aromatic rings. The molecule has 0 radical (unpaired) electrons. The van der Waals surface area contributed by atoms with E-state index in [1.165, 1.54) is 17.7 Å². The number of anilines is 2. The van der Waals surface area contributed by atoms with Gasteiger partial charge in [0.25, 0.3) is 0 Å². The van der Waals surface area contributed by atoms with Crippen LogP contribution in [0.15, 0.2) is 6.20 Å². The molecule has 2 heterocycles. The molecule has 0 amide bonds. The molecule has 2 N–H and O–H groups in total. The number of hydrogen-bond acceptors (Lipinski definition) is 6. The maximum atomic E-state index is 13.4. The van der Waals surface area contributed by atoms with E-state index >= 15 is 0 Å². The highest BCUT2D eigenvalue weighted by atomic mass is 32.2. The van der Waals surface area contributed by atoms with E-state index in [9.17, 15) is 4.39 Å². The van der Waals surface area contributed by atoms with E-state index < -0.39 is 5.82 Å². The zero-order valence-electron chi connectivity index (χ0n) is 9.57. The lowest BCUT2D eigenvalue weighted by molar-refractivity contribution is 0.617. The molecule has 0 aliphatic carbocycles. The minimum atomic E-state index is -0.405. The van der Waals surface area contributed by atoms with Crippen LogP contribution in [0.2, 0.25) is 0 Å². The molecule has 4 nitrogen and oxygen atoms in total. The van der Waals surface area contributed by atoms with Crippen molar-refractivity contribution < 1.29 is 4.39 Å². The molecule has 0 saturated carbocycles. The third kappa shape index (κ3) is 3.64. The minimum absolute atomic E-state index is 0.278. The van der Waals surface area contributed by atoms with Crippen molar-refractivity contribution in [2.75, 3.05) is 41.5 Å². The highest BCUT2D eigenvalue weighted by Crippen LogP contribution is 2.24.